The van der Waals surface area contributed by atoms with E-state index in [2.05, 4.69) is 0 Å². The van der Waals surface area contributed by atoms with E-state index < -0.39 is 0 Å². The summed E-state index contributed by atoms with van der Waals surface area (Å²) in [6.45, 7) is 2.05. The number of hydrogen-bond acceptors (Lipinski definition) is 2. The van der Waals surface area contributed by atoms with Gasteiger partial charge in [-0.1, -0.05) is 32.1 Å². The van der Waals surface area contributed by atoms with Gasteiger partial charge >= 0.3 is 5.97 Å². The fraction of sp³-hybridized carbons (Fsp3) is 0.909. The summed E-state index contributed by atoms with van der Waals surface area (Å²) in [4.78, 5) is 11.5. The van der Waals surface area contributed by atoms with Gasteiger partial charge in [0.2, 0.25) is 0 Å². The molecule has 1 aliphatic carbocycles. The Bertz CT molecular complexity index is 167. The van der Waals surface area contributed by atoms with E-state index in [-0.39, 0.29) is 11.4 Å². The Labute approximate surface area is 80.7 Å². The molecular weight excluding hydrogens is 164 g/mol. The van der Waals surface area contributed by atoms with Crippen molar-refractivity contribution in [3.8, 4) is 0 Å². The first-order valence-electron chi connectivity index (χ1n) is 5.27. The fourth-order valence-electron chi connectivity index (χ4n) is 2.14. The second-order valence-corrected chi connectivity index (χ2v) is 4.32. The number of carbonyl (C=O) groups excluding carboxylic acids is 1. The van der Waals surface area contributed by atoms with E-state index in [1.54, 1.807) is 0 Å². The Balaban J connectivity index is 2.56. The van der Waals surface area contributed by atoms with Crippen molar-refractivity contribution < 1.29 is 9.53 Å². The molecule has 76 valence electrons. The molecule has 2 nitrogen and oxygen atoms in total. The number of ether oxygens (including phenoxy) is 1. The Kier molecular flexibility index (Phi) is 3.76. The maximum atomic E-state index is 11.5. The summed E-state index contributed by atoms with van der Waals surface area (Å²) in [6.07, 6.45) is 8.22. The highest BCUT2D eigenvalue weighted by Crippen LogP contribution is 2.34. The molecule has 1 saturated carbocycles. The van der Waals surface area contributed by atoms with Gasteiger partial charge < -0.3 is 4.74 Å². The van der Waals surface area contributed by atoms with Gasteiger partial charge in [-0.25, -0.2) is 0 Å². The highest BCUT2D eigenvalue weighted by Gasteiger charge is 2.33. The molecule has 0 aromatic rings. The predicted octanol–water partition coefficient (Wildman–Crippen LogP) is 2.91. The summed E-state index contributed by atoms with van der Waals surface area (Å²) >= 11 is 0. The lowest BCUT2D eigenvalue weighted by molar-refractivity contribution is -0.153. The highest BCUT2D eigenvalue weighted by molar-refractivity contribution is 5.76. The Morgan fingerprint density at radius 1 is 1.08 bits per heavy atom. The van der Waals surface area contributed by atoms with Crippen LogP contribution >= 0.6 is 0 Å². The van der Waals surface area contributed by atoms with Gasteiger partial charge in [0.15, 0.2) is 0 Å². The van der Waals surface area contributed by atoms with E-state index >= 15 is 0 Å². The summed E-state index contributed by atoms with van der Waals surface area (Å²) in [6, 6.07) is 0. The Hall–Kier alpha value is -0.530. The van der Waals surface area contributed by atoms with Crippen LogP contribution in [0.4, 0.5) is 0 Å². The zero-order valence-corrected chi connectivity index (χ0v) is 8.77. The summed E-state index contributed by atoms with van der Waals surface area (Å²) < 4.78 is 4.85. The maximum absolute atomic E-state index is 11.5. The Morgan fingerprint density at radius 2 is 1.54 bits per heavy atom. The van der Waals surface area contributed by atoms with Crippen molar-refractivity contribution >= 4 is 5.97 Å². The first-order valence-corrected chi connectivity index (χ1v) is 5.27. The van der Waals surface area contributed by atoms with E-state index in [0.717, 1.165) is 12.8 Å². The van der Waals surface area contributed by atoms with E-state index in [4.69, 9.17) is 4.74 Å². The molecule has 0 radical (unpaired) electrons. The molecular formula is C11H20O2. The number of esters is 1. The average molecular weight is 184 g/mol. The molecule has 1 fully saturated rings. The largest absolute Gasteiger partial charge is 0.469 e. The van der Waals surface area contributed by atoms with Crippen molar-refractivity contribution in [3.63, 3.8) is 0 Å². The van der Waals surface area contributed by atoms with Crippen molar-refractivity contribution in [1.82, 2.24) is 0 Å². The standard InChI is InChI=1S/C11H20O2/c1-11(10(12)13-2)8-6-4-3-5-7-9-11/h3-9H2,1-2H3. The number of rotatable bonds is 1. The minimum absolute atomic E-state index is 0.0191. The molecule has 0 amide bonds. The van der Waals surface area contributed by atoms with E-state index in [9.17, 15) is 4.79 Å². The minimum atomic E-state index is -0.199. The molecule has 0 aromatic carbocycles. The van der Waals surface area contributed by atoms with Crippen LogP contribution < -0.4 is 0 Å². The number of methoxy groups -OCH3 is 1. The van der Waals surface area contributed by atoms with E-state index in [0.29, 0.717) is 0 Å². The summed E-state index contributed by atoms with van der Waals surface area (Å²) in [5, 5.41) is 0. The summed E-state index contributed by atoms with van der Waals surface area (Å²) in [7, 11) is 1.49. The first-order chi connectivity index (χ1) is 6.19. The van der Waals surface area contributed by atoms with Crippen LogP contribution in [0.25, 0.3) is 0 Å². The molecule has 1 rings (SSSR count). The van der Waals surface area contributed by atoms with Gasteiger partial charge in [-0.05, 0) is 19.8 Å². The molecule has 0 saturated heterocycles. The lowest BCUT2D eigenvalue weighted by Gasteiger charge is -2.28. The molecule has 0 aliphatic heterocycles. The van der Waals surface area contributed by atoms with Crippen LogP contribution in [-0.4, -0.2) is 13.1 Å². The van der Waals surface area contributed by atoms with Gasteiger partial charge in [0.05, 0.1) is 12.5 Å². The molecule has 2 heteroatoms. The SMILES string of the molecule is COC(=O)C1(C)CCCCCCC1. The topological polar surface area (TPSA) is 26.3 Å². The first kappa shape index (κ1) is 10.6. The fourth-order valence-corrected chi connectivity index (χ4v) is 2.14. The van der Waals surface area contributed by atoms with Crippen molar-refractivity contribution in [2.75, 3.05) is 7.11 Å². The van der Waals surface area contributed by atoms with Crippen molar-refractivity contribution in [2.24, 2.45) is 5.41 Å². The van der Waals surface area contributed by atoms with Gasteiger partial charge in [0, 0.05) is 0 Å². The predicted molar refractivity (Wildman–Crippen MR) is 52.4 cm³/mol. The van der Waals surface area contributed by atoms with Gasteiger partial charge in [-0.3, -0.25) is 4.79 Å². The molecule has 1 aliphatic rings. The van der Waals surface area contributed by atoms with Crippen molar-refractivity contribution in [3.05, 3.63) is 0 Å². The number of carbonyl (C=O) groups is 1. The smallest absolute Gasteiger partial charge is 0.311 e. The summed E-state index contributed by atoms with van der Waals surface area (Å²) in [5.74, 6) is -0.0191. The van der Waals surface area contributed by atoms with E-state index in [1.165, 1.54) is 39.2 Å². The maximum Gasteiger partial charge on any atom is 0.311 e. The monoisotopic (exact) mass is 184 g/mol. The average Bonchev–Trinajstić information content (AvgIpc) is 2.10. The molecule has 0 spiro atoms. The highest BCUT2D eigenvalue weighted by atomic mass is 16.5. The van der Waals surface area contributed by atoms with Crippen molar-refractivity contribution in [1.29, 1.82) is 0 Å². The molecule has 0 heterocycles. The molecule has 0 aromatic heterocycles. The van der Waals surface area contributed by atoms with Crippen LogP contribution in [0.2, 0.25) is 0 Å². The zero-order valence-electron chi connectivity index (χ0n) is 8.77. The van der Waals surface area contributed by atoms with Crippen LogP contribution in [0.3, 0.4) is 0 Å². The lowest BCUT2D eigenvalue weighted by atomic mass is 9.78. The van der Waals surface area contributed by atoms with Crippen molar-refractivity contribution in [2.45, 2.75) is 51.9 Å². The van der Waals surface area contributed by atoms with Crippen LogP contribution in [0.15, 0.2) is 0 Å². The van der Waals surface area contributed by atoms with Gasteiger partial charge in [0.25, 0.3) is 0 Å². The lowest BCUT2D eigenvalue weighted by Crippen LogP contribution is -2.29. The minimum Gasteiger partial charge on any atom is -0.469 e. The third-order valence-corrected chi connectivity index (χ3v) is 3.14. The summed E-state index contributed by atoms with van der Waals surface area (Å²) in [5.41, 5.74) is -0.199. The second kappa shape index (κ2) is 4.64. The van der Waals surface area contributed by atoms with Gasteiger partial charge in [-0.2, -0.15) is 0 Å². The zero-order chi connectivity index (χ0) is 9.73. The van der Waals surface area contributed by atoms with E-state index in [1.807, 2.05) is 6.92 Å². The van der Waals surface area contributed by atoms with Crippen LogP contribution in [-0.2, 0) is 9.53 Å². The van der Waals surface area contributed by atoms with Crippen LogP contribution in [0, 0.1) is 5.41 Å². The molecule has 13 heavy (non-hydrogen) atoms. The Morgan fingerprint density at radius 3 is 2.00 bits per heavy atom. The normalized spacial score (nSPS) is 22.9. The van der Waals surface area contributed by atoms with Crippen LogP contribution in [0.5, 0.6) is 0 Å². The molecule has 0 N–H and O–H groups in total. The van der Waals surface area contributed by atoms with Gasteiger partial charge in [0.1, 0.15) is 0 Å². The molecule has 0 atom stereocenters. The van der Waals surface area contributed by atoms with Crippen LogP contribution in [0.1, 0.15) is 51.9 Å². The second-order valence-electron chi connectivity index (χ2n) is 4.32. The third-order valence-electron chi connectivity index (χ3n) is 3.14. The molecule has 0 unspecified atom stereocenters. The number of hydrogen-bond donors (Lipinski definition) is 0. The third kappa shape index (κ3) is 2.71. The molecule has 0 bridgehead atoms. The quantitative estimate of drug-likeness (QED) is 0.586. The van der Waals surface area contributed by atoms with Gasteiger partial charge in [-0.15, -0.1) is 0 Å².